The minimum Gasteiger partial charge on any atom is -0.456 e. The molecule has 280 valence electrons. The number of rotatable bonds is 5. The van der Waals surface area contributed by atoms with Crippen molar-refractivity contribution in [1.29, 1.82) is 0 Å². The number of aryl methyl sites for hydroxylation is 2. The molecule has 2 aliphatic carbocycles. The first-order valence-corrected chi connectivity index (χ1v) is 20.5. The van der Waals surface area contributed by atoms with E-state index in [1.165, 1.54) is 72.4 Å². The number of hydrogen-bond acceptors (Lipinski definition) is 2. The summed E-state index contributed by atoms with van der Waals surface area (Å²) in [5.74, 6) is 0. The summed E-state index contributed by atoms with van der Waals surface area (Å²) in [7, 11) is 0. The minimum atomic E-state index is -0.201. The summed E-state index contributed by atoms with van der Waals surface area (Å²) >= 11 is 0. The van der Waals surface area contributed by atoms with Crippen molar-refractivity contribution in [2.75, 3.05) is 4.90 Å². The standard InChI is InChI=1S/C56H45NO/c1-34-29-35(2)52-45-33-37(27-28-47(45)55(3,4)48(52)30-34)36-15-11-17-39(31-36)57(49-24-13-22-43-42-19-7-9-23-46(42)56(5,6)54(43)49)40-18-12-16-38(32-40)41-21-14-26-51-53(41)44-20-8-10-25-50(44)58-51/h7-33H,1-6H3. The highest BCUT2D eigenvalue weighted by Gasteiger charge is 2.39. The van der Waals surface area contributed by atoms with Crippen molar-refractivity contribution >= 4 is 39.0 Å². The Balaban J connectivity index is 1.11. The van der Waals surface area contributed by atoms with Crippen LogP contribution in [0.3, 0.4) is 0 Å². The monoisotopic (exact) mass is 747 g/mol. The van der Waals surface area contributed by atoms with E-state index in [0.29, 0.717) is 0 Å². The van der Waals surface area contributed by atoms with Gasteiger partial charge in [0.25, 0.3) is 0 Å². The predicted octanol–water partition coefficient (Wildman–Crippen LogP) is 15.6. The minimum absolute atomic E-state index is 0.0468. The van der Waals surface area contributed by atoms with Crippen molar-refractivity contribution in [2.24, 2.45) is 0 Å². The van der Waals surface area contributed by atoms with Crippen LogP contribution < -0.4 is 4.90 Å². The van der Waals surface area contributed by atoms with Gasteiger partial charge in [-0.25, -0.2) is 0 Å². The van der Waals surface area contributed by atoms with Crippen LogP contribution in [0.4, 0.5) is 17.1 Å². The Bertz CT molecular complexity index is 3160. The molecule has 2 nitrogen and oxygen atoms in total. The van der Waals surface area contributed by atoms with Crippen LogP contribution in [0.5, 0.6) is 0 Å². The Labute approximate surface area is 341 Å². The molecule has 0 amide bonds. The SMILES string of the molecule is Cc1cc(C)c2c(c1)C(C)(C)c1ccc(-c3cccc(N(c4cccc(-c5cccc6oc7ccccc7c56)c4)c4cccc5c4C(C)(C)c4ccccc4-5)c3)cc1-2. The van der Waals surface area contributed by atoms with E-state index < -0.39 is 0 Å². The first-order chi connectivity index (χ1) is 28.1. The number of hydrogen-bond donors (Lipinski definition) is 0. The molecule has 1 heterocycles. The first kappa shape index (κ1) is 34.6. The number of furan rings is 1. The fraction of sp³-hybridized carbons (Fsp3) is 0.143. The van der Waals surface area contributed by atoms with Crippen molar-refractivity contribution in [3.05, 3.63) is 197 Å². The average Bonchev–Trinajstić information content (AvgIpc) is 3.81. The molecule has 58 heavy (non-hydrogen) atoms. The Kier molecular flexibility index (Phi) is 7.41. The molecule has 11 rings (SSSR count). The lowest BCUT2D eigenvalue weighted by molar-refractivity contribution is 0.659. The summed E-state index contributed by atoms with van der Waals surface area (Å²) in [5.41, 5.74) is 23.3. The molecule has 9 aromatic rings. The largest absolute Gasteiger partial charge is 0.456 e. The number of benzene rings is 8. The highest BCUT2D eigenvalue weighted by atomic mass is 16.3. The summed E-state index contributed by atoms with van der Waals surface area (Å²) < 4.78 is 6.35. The summed E-state index contributed by atoms with van der Waals surface area (Å²) in [6, 6.07) is 60.6. The Morgan fingerprint density at radius 2 is 1.09 bits per heavy atom. The number of fused-ring (bicyclic) bond motifs is 9. The molecule has 0 N–H and O–H groups in total. The second-order valence-electron chi connectivity index (χ2n) is 17.5. The van der Waals surface area contributed by atoms with Crippen LogP contribution in [0.15, 0.2) is 168 Å². The zero-order valence-corrected chi connectivity index (χ0v) is 33.9. The van der Waals surface area contributed by atoms with Crippen LogP contribution in [0, 0.1) is 13.8 Å². The van der Waals surface area contributed by atoms with E-state index in [4.69, 9.17) is 4.42 Å². The van der Waals surface area contributed by atoms with E-state index in [0.717, 1.165) is 44.4 Å². The van der Waals surface area contributed by atoms with Crippen LogP contribution in [0.2, 0.25) is 0 Å². The lowest BCUT2D eigenvalue weighted by Crippen LogP contribution is -2.20. The molecule has 8 aromatic carbocycles. The maximum absolute atomic E-state index is 6.35. The van der Waals surface area contributed by atoms with Gasteiger partial charge in [-0.15, -0.1) is 0 Å². The van der Waals surface area contributed by atoms with Crippen LogP contribution in [-0.2, 0) is 10.8 Å². The maximum Gasteiger partial charge on any atom is 0.136 e. The first-order valence-electron chi connectivity index (χ1n) is 20.5. The Morgan fingerprint density at radius 3 is 1.93 bits per heavy atom. The zero-order valence-electron chi connectivity index (χ0n) is 33.9. The fourth-order valence-corrected chi connectivity index (χ4v) is 10.5. The molecule has 0 aliphatic heterocycles. The molecule has 0 fully saturated rings. The van der Waals surface area contributed by atoms with Gasteiger partial charge in [0, 0.05) is 33.0 Å². The van der Waals surface area contributed by atoms with Crippen LogP contribution in [0.25, 0.3) is 66.4 Å². The fourth-order valence-electron chi connectivity index (χ4n) is 10.5. The van der Waals surface area contributed by atoms with E-state index in [-0.39, 0.29) is 10.8 Å². The molecule has 0 atom stereocenters. The summed E-state index contributed by atoms with van der Waals surface area (Å²) in [6.45, 7) is 14.0. The van der Waals surface area contributed by atoms with Crippen molar-refractivity contribution in [2.45, 2.75) is 52.4 Å². The number of nitrogens with zero attached hydrogens (tertiary/aromatic N) is 1. The van der Waals surface area contributed by atoms with Gasteiger partial charge in [-0.3, -0.25) is 0 Å². The van der Waals surface area contributed by atoms with Crippen LogP contribution in [-0.4, -0.2) is 0 Å². The number of para-hydroxylation sites is 1. The van der Waals surface area contributed by atoms with E-state index in [2.05, 4.69) is 204 Å². The molecule has 0 saturated carbocycles. The third-order valence-electron chi connectivity index (χ3n) is 13.2. The molecular weight excluding hydrogens is 703 g/mol. The van der Waals surface area contributed by atoms with E-state index >= 15 is 0 Å². The Morgan fingerprint density at radius 1 is 0.448 bits per heavy atom. The van der Waals surface area contributed by atoms with E-state index in [1.54, 1.807) is 0 Å². The second kappa shape index (κ2) is 12.4. The molecule has 0 saturated heterocycles. The average molecular weight is 748 g/mol. The summed E-state index contributed by atoms with van der Waals surface area (Å²) in [5, 5.41) is 2.28. The molecule has 0 bridgehead atoms. The third kappa shape index (κ3) is 4.97. The van der Waals surface area contributed by atoms with Crippen molar-refractivity contribution < 1.29 is 4.42 Å². The molecule has 0 spiro atoms. The third-order valence-corrected chi connectivity index (χ3v) is 13.2. The van der Waals surface area contributed by atoms with Gasteiger partial charge in [0.1, 0.15) is 11.2 Å². The summed E-state index contributed by atoms with van der Waals surface area (Å²) in [4.78, 5) is 2.49. The van der Waals surface area contributed by atoms with Crippen LogP contribution in [0.1, 0.15) is 61.1 Å². The topological polar surface area (TPSA) is 16.4 Å². The lowest BCUT2D eigenvalue weighted by Gasteiger charge is -2.32. The maximum atomic E-state index is 6.35. The quantitative estimate of drug-likeness (QED) is 0.174. The van der Waals surface area contributed by atoms with E-state index in [9.17, 15) is 0 Å². The molecule has 2 aliphatic rings. The van der Waals surface area contributed by atoms with Crippen molar-refractivity contribution in [1.82, 2.24) is 0 Å². The molecule has 0 unspecified atom stereocenters. The molecule has 2 heteroatoms. The van der Waals surface area contributed by atoms with Crippen molar-refractivity contribution in [3.8, 4) is 44.5 Å². The van der Waals surface area contributed by atoms with Gasteiger partial charge in [0.2, 0.25) is 0 Å². The van der Waals surface area contributed by atoms with Gasteiger partial charge >= 0.3 is 0 Å². The molecular formula is C56H45NO. The number of anilines is 3. The van der Waals surface area contributed by atoms with Crippen LogP contribution >= 0.6 is 0 Å². The summed E-state index contributed by atoms with van der Waals surface area (Å²) in [6.07, 6.45) is 0. The van der Waals surface area contributed by atoms with Gasteiger partial charge in [-0.05, 0) is 135 Å². The van der Waals surface area contributed by atoms with E-state index in [1.807, 2.05) is 6.07 Å². The molecule has 1 aromatic heterocycles. The second-order valence-corrected chi connectivity index (χ2v) is 17.5. The lowest BCUT2D eigenvalue weighted by atomic mass is 9.81. The smallest absolute Gasteiger partial charge is 0.136 e. The Hall–Kier alpha value is -6.64. The van der Waals surface area contributed by atoms with Gasteiger partial charge in [-0.1, -0.05) is 149 Å². The van der Waals surface area contributed by atoms with Gasteiger partial charge in [0.15, 0.2) is 0 Å². The van der Waals surface area contributed by atoms with Gasteiger partial charge < -0.3 is 9.32 Å². The zero-order chi connectivity index (χ0) is 39.5. The van der Waals surface area contributed by atoms with Gasteiger partial charge in [-0.2, -0.15) is 0 Å². The van der Waals surface area contributed by atoms with Crippen molar-refractivity contribution in [3.63, 3.8) is 0 Å². The predicted molar refractivity (Wildman–Crippen MR) is 244 cm³/mol. The highest BCUT2D eigenvalue weighted by Crippen LogP contribution is 2.55. The molecule has 0 radical (unpaired) electrons. The highest BCUT2D eigenvalue weighted by molar-refractivity contribution is 6.12. The van der Waals surface area contributed by atoms with Gasteiger partial charge in [0.05, 0.1) is 5.69 Å². The normalized spacial score (nSPS) is 14.3.